The van der Waals surface area contributed by atoms with Crippen molar-refractivity contribution in [3.05, 3.63) is 24.2 Å². The van der Waals surface area contributed by atoms with E-state index in [2.05, 4.69) is 6.92 Å². The highest BCUT2D eigenvalue weighted by atomic mass is 16.3. The predicted octanol–water partition coefficient (Wildman–Crippen LogP) is 1.85. The summed E-state index contributed by atoms with van der Waals surface area (Å²) < 4.78 is 5.16. The van der Waals surface area contributed by atoms with Crippen LogP contribution < -0.4 is 0 Å². The summed E-state index contributed by atoms with van der Waals surface area (Å²) in [4.78, 5) is 43.5. The summed E-state index contributed by atoms with van der Waals surface area (Å²) in [7, 11) is 0. The molecule has 0 saturated carbocycles. The van der Waals surface area contributed by atoms with Crippen LogP contribution in [0.2, 0.25) is 0 Å². The van der Waals surface area contributed by atoms with Gasteiger partial charge in [-0.1, -0.05) is 6.92 Å². The molecule has 0 N–H and O–H groups in total. The number of likely N-dealkylation sites (tertiary alicyclic amines) is 1. The molecule has 0 bridgehead atoms. The zero-order valence-electron chi connectivity index (χ0n) is 16.4. The number of carbonyl (C=O) groups is 3. The molecule has 3 rings (SSSR count). The topological polar surface area (TPSA) is 74.1 Å². The third kappa shape index (κ3) is 4.01. The van der Waals surface area contributed by atoms with E-state index < -0.39 is 5.41 Å². The van der Waals surface area contributed by atoms with Crippen LogP contribution in [-0.4, -0.2) is 71.7 Å². The molecule has 3 heterocycles. The molecule has 3 amide bonds. The zero-order chi connectivity index (χ0) is 19.6. The lowest BCUT2D eigenvalue weighted by molar-refractivity contribution is -0.155. The molecule has 0 radical (unpaired) electrons. The van der Waals surface area contributed by atoms with E-state index in [9.17, 15) is 14.4 Å². The van der Waals surface area contributed by atoms with Gasteiger partial charge < -0.3 is 19.1 Å². The van der Waals surface area contributed by atoms with Crippen LogP contribution in [0.15, 0.2) is 22.8 Å². The Bertz CT molecular complexity index is 682. The van der Waals surface area contributed by atoms with Crippen LogP contribution in [0.25, 0.3) is 0 Å². The van der Waals surface area contributed by atoms with Gasteiger partial charge in [0.2, 0.25) is 11.8 Å². The van der Waals surface area contributed by atoms with Gasteiger partial charge in [-0.25, -0.2) is 0 Å². The number of piperidine rings is 1. The molecular weight excluding hydrogens is 346 g/mol. The van der Waals surface area contributed by atoms with E-state index in [1.807, 2.05) is 4.90 Å². The summed E-state index contributed by atoms with van der Waals surface area (Å²) in [5.74, 6) is 0.534. The normalized spacial score (nSPS) is 19.3. The Morgan fingerprint density at radius 1 is 0.926 bits per heavy atom. The van der Waals surface area contributed by atoms with E-state index in [4.69, 9.17) is 4.42 Å². The molecule has 2 aliphatic heterocycles. The van der Waals surface area contributed by atoms with Gasteiger partial charge in [-0.2, -0.15) is 0 Å². The Morgan fingerprint density at radius 3 is 1.96 bits per heavy atom. The van der Waals surface area contributed by atoms with E-state index in [1.165, 1.54) is 6.26 Å². The fourth-order valence-electron chi connectivity index (χ4n) is 3.76. The van der Waals surface area contributed by atoms with Gasteiger partial charge >= 0.3 is 0 Å². The van der Waals surface area contributed by atoms with Crippen molar-refractivity contribution in [3.63, 3.8) is 0 Å². The number of hydrogen-bond acceptors (Lipinski definition) is 4. The van der Waals surface area contributed by atoms with Crippen LogP contribution in [0.3, 0.4) is 0 Å². The van der Waals surface area contributed by atoms with Crippen molar-refractivity contribution in [2.24, 2.45) is 11.3 Å². The molecule has 0 aromatic carbocycles. The summed E-state index contributed by atoms with van der Waals surface area (Å²) in [6, 6.07) is 3.32. The number of furan rings is 1. The van der Waals surface area contributed by atoms with Crippen molar-refractivity contribution < 1.29 is 18.8 Å². The van der Waals surface area contributed by atoms with E-state index in [1.54, 1.807) is 35.8 Å². The highest BCUT2D eigenvalue weighted by Crippen LogP contribution is 2.26. The van der Waals surface area contributed by atoms with E-state index in [0.29, 0.717) is 37.9 Å². The van der Waals surface area contributed by atoms with Crippen molar-refractivity contribution >= 4 is 17.7 Å². The highest BCUT2D eigenvalue weighted by molar-refractivity contribution is 6.04. The monoisotopic (exact) mass is 375 g/mol. The molecule has 0 atom stereocenters. The maximum absolute atomic E-state index is 13.0. The molecule has 27 heavy (non-hydrogen) atoms. The molecule has 2 fully saturated rings. The van der Waals surface area contributed by atoms with Gasteiger partial charge in [0.05, 0.1) is 6.26 Å². The van der Waals surface area contributed by atoms with Crippen molar-refractivity contribution in [1.29, 1.82) is 0 Å². The van der Waals surface area contributed by atoms with E-state index in [-0.39, 0.29) is 17.7 Å². The summed E-state index contributed by atoms with van der Waals surface area (Å²) in [6.45, 7) is 8.82. The summed E-state index contributed by atoms with van der Waals surface area (Å²) in [5, 5.41) is 0. The van der Waals surface area contributed by atoms with Crippen LogP contribution in [0.4, 0.5) is 0 Å². The Hall–Kier alpha value is -2.31. The van der Waals surface area contributed by atoms with Crippen LogP contribution in [0.5, 0.6) is 0 Å². The average Bonchev–Trinajstić information content (AvgIpc) is 3.21. The van der Waals surface area contributed by atoms with E-state index in [0.717, 1.165) is 25.9 Å². The van der Waals surface area contributed by atoms with Crippen LogP contribution in [-0.2, 0) is 9.59 Å². The number of carbonyl (C=O) groups excluding carboxylic acids is 3. The third-order valence-corrected chi connectivity index (χ3v) is 5.73. The standard InChI is InChI=1S/C20H29N3O4/c1-15-6-8-22(9-7-15)18(25)20(2,3)19(26)23-12-10-21(11-13-23)17(24)16-5-4-14-27-16/h4-5,14-15H,6-13H2,1-3H3. The smallest absolute Gasteiger partial charge is 0.289 e. The van der Waals surface area contributed by atoms with Gasteiger partial charge in [0.25, 0.3) is 5.91 Å². The van der Waals surface area contributed by atoms with Gasteiger partial charge in [-0.05, 0) is 44.7 Å². The van der Waals surface area contributed by atoms with Crippen molar-refractivity contribution in [1.82, 2.24) is 14.7 Å². The number of piperazine rings is 1. The molecule has 0 unspecified atom stereocenters. The zero-order valence-corrected chi connectivity index (χ0v) is 16.4. The minimum absolute atomic E-state index is 0.0894. The maximum atomic E-state index is 13.0. The molecule has 0 aliphatic carbocycles. The molecule has 2 aliphatic rings. The average molecular weight is 375 g/mol. The first-order valence-corrected chi connectivity index (χ1v) is 9.72. The second kappa shape index (κ2) is 7.74. The second-order valence-electron chi connectivity index (χ2n) is 8.16. The first kappa shape index (κ1) is 19.5. The summed E-state index contributed by atoms with van der Waals surface area (Å²) in [6.07, 6.45) is 3.45. The van der Waals surface area contributed by atoms with Gasteiger partial charge in [0.1, 0.15) is 5.41 Å². The van der Waals surface area contributed by atoms with Crippen LogP contribution >= 0.6 is 0 Å². The molecule has 1 aromatic rings. The van der Waals surface area contributed by atoms with Gasteiger partial charge in [-0.15, -0.1) is 0 Å². The van der Waals surface area contributed by atoms with Gasteiger partial charge in [0.15, 0.2) is 5.76 Å². The highest BCUT2D eigenvalue weighted by Gasteiger charge is 2.43. The number of nitrogens with zero attached hydrogens (tertiary/aromatic N) is 3. The number of rotatable bonds is 3. The maximum Gasteiger partial charge on any atom is 0.289 e. The summed E-state index contributed by atoms with van der Waals surface area (Å²) >= 11 is 0. The molecule has 1 aromatic heterocycles. The van der Waals surface area contributed by atoms with Crippen LogP contribution in [0.1, 0.15) is 44.2 Å². The van der Waals surface area contributed by atoms with E-state index >= 15 is 0 Å². The van der Waals surface area contributed by atoms with Gasteiger partial charge in [-0.3, -0.25) is 14.4 Å². The SMILES string of the molecule is CC1CCN(C(=O)C(C)(C)C(=O)N2CCN(C(=O)c3ccco3)CC2)CC1. The Labute approximate surface area is 160 Å². The fourth-order valence-corrected chi connectivity index (χ4v) is 3.76. The minimum Gasteiger partial charge on any atom is -0.459 e. The van der Waals surface area contributed by atoms with Crippen molar-refractivity contribution in [2.45, 2.75) is 33.6 Å². The first-order valence-electron chi connectivity index (χ1n) is 9.72. The lowest BCUT2D eigenvalue weighted by Crippen LogP contribution is -2.57. The minimum atomic E-state index is -1.08. The third-order valence-electron chi connectivity index (χ3n) is 5.73. The predicted molar refractivity (Wildman–Crippen MR) is 100.0 cm³/mol. The van der Waals surface area contributed by atoms with Crippen molar-refractivity contribution in [3.8, 4) is 0 Å². The van der Waals surface area contributed by atoms with Crippen molar-refractivity contribution in [2.75, 3.05) is 39.3 Å². The second-order valence-corrected chi connectivity index (χ2v) is 8.16. The summed E-state index contributed by atoms with van der Waals surface area (Å²) in [5.41, 5.74) is -1.08. The molecule has 7 heteroatoms. The molecule has 148 valence electrons. The molecule has 0 spiro atoms. The number of hydrogen-bond donors (Lipinski definition) is 0. The Balaban J connectivity index is 1.57. The molecule has 7 nitrogen and oxygen atoms in total. The first-order chi connectivity index (χ1) is 12.8. The fraction of sp³-hybridized carbons (Fsp3) is 0.650. The largest absolute Gasteiger partial charge is 0.459 e. The molecule has 2 saturated heterocycles. The Kier molecular flexibility index (Phi) is 5.58. The lowest BCUT2D eigenvalue weighted by Gasteiger charge is -2.40. The lowest BCUT2D eigenvalue weighted by atomic mass is 9.87. The quantitative estimate of drug-likeness (QED) is 0.756. The van der Waals surface area contributed by atoms with Gasteiger partial charge in [0, 0.05) is 39.3 Å². The molecular formula is C20H29N3O4. The Morgan fingerprint density at radius 2 is 1.44 bits per heavy atom. The van der Waals surface area contributed by atoms with Crippen LogP contribution in [0, 0.1) is 11.3 Å². The number of amides is 3.